The number of amides is 1. The summed E-state index contributed by atoms with van der Waals surface area (Å²) < 4.78 is 36.8. The lowest BCUT2D eigenvalue weighted by Gasteiger charge is -2.08. The maximum absolute atomic E-state index is 13.1. The van der Waals surface area contributed by atoms with Crippen molar-refractivity contribution in [3.63, 3.8) is 0 Å². The Hall–Kier alpha value is -3.22. The van der Waals surface area contributed by atoms with Crippen LogP contribution in [0, 0.1) is 11.6 Å². The zero-order chi connectivity index (χ0) is 19.8. The largest absolute Gasteiger partial charge is 0.492 e. The van der Waals surface area contributed by atoms with Crippen LogP contribution in [0.5, 0.6) is 5.75 Å². The number of rotatable bonds is 9. The van der Waals surface area contributed by atoms with Crippen molar-refractivity contribution in [2.24, 2.45) is 0 Å². The number of nitrogens with one attached hydrogen (secondary N) is 1. The average Bonchev–Trinajstić information content (AvgIpc) is 3.17. The smallest absolute Gasteiger partial charge is 0.220 e. The van der Waals surface area contributed by atoms with Crippen LogP contribution < -0.4 is 10.1 Å². The lowest BCUT2D eigenvalue weighted by Crippen LogP contribution is -2.27. The summed E-state index contributed by atoms with van der Waals surface area (Å²) in [5.74, 6) is -0.510. The van der Waals surface area contributed by atoms with Crippen LogP contribution in [0.2, 0.25) is 0 Å². The summed E-state index contributed by atoms with van der Waals surface area (Å²) in [7, 11) is 0. The third-order valence-corrected chi connectivity index (χ3v) is 3.99. The fourth-order valence-electron chi connectivity index (χ4n) is 2.58. The molecule has 7 heteroatoms. The van der Waals surface area contributed by atoms with E-state index in [-0.39, 0.29) is 24.8 Å². The minimum absolute atomic E-state index is 0.122. The molecule has 0 aliphatic carbocycles. The van der Waals surface area contributed by atoms with Gasteiger partial charge in [-0.3, -0.25) is 4.79 Å². The van der Waals surface area contributed by atoms with E-state index in [0.29, 0.717) is 30.9 Å². The van der Waals surface area contributed by atoms with Gasteiger partial charge in [0.1, 0.15) is 12.4 Å². The van der Waals surface area contributed by atoms with Gasteiger partial charge in [-0.2, -0.15) is 0 Å². The van der Waals surface area contributed by atoms with Crippen LogP contribution in [0.25, 0.3) is 11.3 Å². The highest BCUT2D eigenvalue weighted by atomic mass is 19.2. The van der Waals surface area contributed by atoms with Crippen molar-refractivity contribution < 1.29 is 22.7 Å². The Bertz CT molecular complexity index is 913. The summed E-state index contributed by atoms with van der Waals surface area (Å²) in [6, 6.07) is 13.0. The van der Waals surface area contributed by atoms with Crippen molar-refractivity contribution in [3.8, 4) is 17.1 Å². The first-order valence-corrected chi connectivity index (χ1v) is 8.96. The van der Waals surface area contributed by atoms with E-state index < -0.39 is 11.6 Å². The highest BCUT2D eigenvalue weighted by Crippen LogP contribution is 2.20. The summed E-state index contributed by atoms with van der Waals surface area (Å²) in [5.41, 5.74) is 0.958. The highest BCUT2D eigenvalue weighted by molar-refractivity contribution is 5.75. The summed E-state index contributed by atoms with van der Waals surface area (Å²) in [6.07, 6.45) is 3.17. The molecular weight excluding hydrogens is 366 g/mol. The molecule has 0 radical (unpaired) electrons. The lowest BCUT2D eigenvalue weighted by atomic mass is 10.2. The van der Waals surface area contributed by atoms with Crippen LogP contribution in [0.3, 0.4) is 0 Å². The molecule has 1 heterocycles. The number of carbonyl (C=O) groups is 1. The number of oxazole rings is 1. The van der Waals surface area contributed by atoms with Gasteiger partial charge < -0.3 is 14.5 Å². The van der Waals surface area contributed by atoms with Crippen molar-refractivity contribution in [2.75, 3.05) is 13.2 Å². The van der Waals surface area contributed by atoms with Gasteiger partial charge >= 0.3 is 0 Å². The molecule has 0 bridgehead atoms. The minimum atomic E-state index is -0.969. The zero-order valence-corrected chi connectivity index (χ0v) is 15.2. The average molecular weight is 386 g/mol. The number of carbonyl (C=O) groups excluding carboxylic acids is 1. The van der Waals surface area contributed by atoms with Gasteiger partial charge in [-0.25, -0.2) is 13.8 Å². The van der Waals surface area contributed by atoms with E-state index in [2.05, 4.69) is 10.3 Å². The van der Waals surface area contributed by atoms with Gasteiger partial charge in [-0.1, -0.05) is 30.3 Å². The first kappa shape index (κ1) is 19.5. The molecule has 0 aliphatic heterocycles. The van der Waals surface area contributed by atoms with Crippen LogP contribution in [0.15, 0.2) is 59.1 Å². The second-order valence-corrected chi connectivity index (χ2v) is 6.11. The van der Waals surface area contributed by atoms with Gasteiger partial charge in [0.2, 0.25) is 5.91 Å². The van der Waals surface area contributed by atoms with Gasteiger partial charge in [0.15, 0.2) is 23.3 Å². The number of hydrogen-bond acceptors (Lipinski definition) is 4. The van der Waals surface area contributed by atoms with Crippen LogP contribution in [-0.2, 0) is 11.2 Å². The van der Waals surface area contributed by atoms with Gasteiger partial charge in [0.25, 0.3) is 0 Å². The Kier molecular flexibility index (Phi) is 6.73. The second kappa shape index (κ2) is 9.64. The van der Waals surface area contributed by atoms with Gasteiger partial charge in [-0.05, 0) is 18.6 Å². The third kappa shape index (κ3) is 5.64. The fourth-order valence-corrected chi connectivity index (χ4v) is 2.58. The first-order valence-electron chi connectivity index (χ1n) is 8.96. The number of aromatic nitrogens is 1. The van der Waals surface area contributed by atoms with Gasteiger partial charge in [0.05, 0.1) is 12.7 Å². The van der Waals surface area contributed by atoms with Gasteiger partial charge in [-0.15, -0.1) is 0 Å². The molecule has 0 unspecified atom stereocenters. The number of ether oxygens (including phenoxy) is 1. The minimum Gasteiger partial charge on any atom is -0.492 e. The topological polar surface area (TPSA) is 64.4 Å². The molecule has 3 rings (SSSR count). The Labute approximate surface area is 161 Å². The maximum Gasteiger partial charge on any atom is 0.220 e. The van der Waals surface area contributed by atoms with E-state index in [1.165, 1.54) is 6.07 Å². The van der Waals surface area contributed by atoms with E-state index in [0.717, 1.165) is 17.7 Å². The highest BCUT2D eigenvalue weighted by Gasteiger charge is 2.08. The summed E-state index contributed by atoms with van der Waals surface area (Å²) >= 11 is 0. The zero-order valence-electron chi connectivity index (χ0n) is 15.2. The lowest BCUT2D eigenvalue weighted by molar-refractivity contribution is -0.121. The Morgan fingerprint density at radius 3 is 2.71 bits per heavy atom. The van der Waals surface area contributed by atoms with Gasteiger partial charge in [0, 0.05) is 24.5 Å². The van der Waals surface area contributed by atoms with E-state index in [1.807, 2.05) is 30.3 Å². The van der Waals surface area contributed by atoms with Crippen LogP contribution in [0.4, 0.5) is 8.78 Å². The molecule has 0 atom stereocenters. The van der Waals surface area contributed by atoms with Crippen molar-refractivity contribution in [2.45, 2.75) is 19.3 Å². The van der Waals surface area contributed by atoms with E-state index in [9.17, 15) is 13.6 Å². The standard InChI is InChI=1S/C21H20F2N2O3/c22-17-10-9-16(13-18(17)23)27-12-11-24-20(26)7-4-8-21-25-14-19(28-21)15-5-2-1-3-6-15/h1-3,5-6,9-10,13-14H,4,7-8,11-12H2,(H,24,26). The monoisotopic (exact) mass is 386 g/mol. The number of aryl methyl sites for hydroxylation is 1. The second-order valence-electron chi connectivity index (χ2n) is 6.11. The molecule has 28 heavy (non-hydrogen) atoms. The molecule has 0 spiro atoms. The first-order chi connectivity index (χ1) is 13.6. The SMILES string of the molecule is O=C(CCCc1ncc(-c2ccccc2)o1)NCCOc1ccc(F)c(F)c1. The Morgan fingerprint density at radius 2 is 1.93 bits per heavy atom. The molecule has 1 N–H and O–H groups in total. The molecule has 0 saturated heterocycles. The van der Waals surface area contributed by atoms with Crippen molar-refractivity contribution in [1.82, 2.24) is 10.3 Å². The summed E-state index contributed by atoms with van der Waals surface area (Å²) in [4.78, 5) is 16.1. The van der Waals surface area contributed by atoms with E-state index in [1.54, 1.807) is 6.20 Å². The number of benzene rings is 2. The number of nitrogens with zero attached hydrogens (tertiary/aromatic N) is 1. The molecule has 1 amide bonds. The van der Waals surface area contributed by atoms with Crippen LogP contribution in [-0.4, -0.2) is 24.0 Å². The molecule has 1 aromatic heterocycles. The molecule has 5 nitrogen and oxygen atoms in total. The summed E-state index contributed by atoms with van der Waals surface area (Å²) in [6.45, 7) is 0.436. The molecule has 0 fully saturated rings. The molecule has 3 aromatic rings. The molecule has 2 aromatic carbocycles. The van der Waals surface area contributed by atoms with Crippen molar-refractivity contribution >= 4 is 5.91 Å². The maximum atomic E-state index is 13.1. The van der Waals surface area contributed by atoms with Crippen molar-refractivity contribution in [3.05, 3.63) is 72.3 Å². The van der Waals surface area contributed by atoms with Crippen molar-refractivity contribution in [1.29, 1.82) is 0 Å². The van der Waals surface area contributed by atoms with Crippen LogP contribution in [0.1, 0.15) is 18.7 Å². The quantitative estimate of drug-likeness (QED) is 0.562. The Balaban J connectivity index is 1.32. The van der Waals surface area contributed by atoms with Crippen LogP contribution >= 0.6 is 0 Å². The summed E-state index contributed by atoms with van der Waals surface area (Å²) in [5, 5.41) is 2.71. The fraction of sp³-hybridized carbons (Fsp3) is 0.238. The number of halogens is 2. The molecule has 146 valence electrons. The predicted molar refractivity (Wildman–Crippen MR) is 99.7 cm³/mol. The number of hydrogen-bond donors (Lipinski definition) is 1. The third-order valence-electron chi connectivity index (χ3n) is 3.99. The predicted octanol–water partition coefficient (Wildman–Crippen LogP) is 4.14. The normalized spacial score (nSPS) is 10.6. The molecule has 0 aliphatic rings. The Morgan fingerprint density at radius 1 is 1.11 bits per heavy atom. The molecular formula is C21H20F2N2O3. The van der Waals surface area contributed by atoms with E-state index in [4.69, 9.17) is 9.15 Å². The van der Waals surface area contributed by atoms with E-state index >= 15 is 0 Å². The molecule has 0 saturated carbocycles.